The number of rotatable bonds is 7. The second kappa shape index (κ2) is 8.96. The van der Waals surface area contributed by atoms with Gasteiger partial charge in [-0.05, 0) is 18.2 Å². The number of nitrogens with zero attached hydrogens (tertiary/aromatic N) is 1. The number of carbonyl (C=O) groups excluding carboxylic acids is 2. The summed E-state index contributed by atoms with van der Waals surface area (Å²) < 4.78 is 6.21. The topological polar surface area (TPSA) is 80.3 Å². The highest BCUT2D eigenvalue weighted by atomic mass is 79.9. The van der Waals surface area contributed by atoms with Gasteiger partial charge in [0.15, 0.2) is 5.13 Å². The average Bonchev–Trinajstić information content (AvgIpc) is 2.99. The van der Waals surface area contributed by atoms with Crippen molar-refractivity contribution in [3.05, 3.63) is 39.3 Å². The molecule has 0 spiro atoms. The van der Waals surface area contributed by atoms with Gasteiger partial charge in [0.25, 0.3) is 0 Å². The van der Waals surface area contributed by atoms with Gasteiger partial charge < -0.3 is 15.4 Å². The van der Waals surface area contributed by atoms with Crippen LogP contribution in [0.2, 0.25) is 0 Å². The van der Waals surface area contributed by atoms with Crippen LogP contribution in [0.3, 0.4) is 0 Å². The summed E-state index contributed by atoms with van der Waals surface area (Å²) in [7, 11) is 1.59. The van der Waals surface area contributed by atoms with Gasteiger partial charge in [0.05, 0.1) is 19.2 Å². The van der Waals surface area contributed by atoms with Gasteiger partial charge in [-0.1, -0.05) is 29.8 Å². The number of amides is 2. The van der Waals surface area contributed by atoms with Crippen molar-refractivity contribution < 1.29 is 14.3 Å². The van der Waals surface area contributed by atoms with E-state index in [2.05, 4.69) is 31.5 Å². The van der Waals surface area contributed by atoms with Gasteiger partial charge >= 0.3 is 0 Å². The maximum Gasteiger partial charge on any atom is 0.228 e. The lowest BCUT2D eigenvalue weighted by molar-refractivity contribution is -0.120. The molecule has 0 aliphatic heterocycles. The molecule has 2 N–H and O–H groups in total. The molecule has 0 aliphatic carbocycles. The van der Waals surface area contributed by atoms with Crippen molar-refractivity contribution in [2.75, 3.05) is 12.4 Å². The summed E-state index contributed by atoms with van der Waals surface area (Å²) in [6.07, 6.45) is 0.157. The number of thiazole rings is 1. The first-order chi connectivity index (χ1) is 11.9. The molecule has 2 rings (SSSR count). The molecular weight excluding hydrogens is 406 g/mol. The third-order valence-electron chi connectivity index (χ3n) is 3.37. The van der Waals surface area contributed by atoms with Crippen molar-refractivity contribution in [2.45, 2.75) is 26.8 Å². The number of ether oxygens (including phenoxy) is 1. The largest absolute Gasteiger partial charge is 0.496 e. The fourth-order valence-corrected chi connectivity index (χ4v) is 3.12. The van der Waals surface area contributed by atoms with E-state index in [0.717, 1.165) is 15.8 Å². The normalized spacial score (nSPS) is 10.6. The second-order valence-electron chi connectivity index (χ2n) is 5.70. The Morgan fingerprint density at radius 2 is 2.12 bits per heavy atom. The standard InChI is InChI=1S/C17H20BrN3O3S/c1-10(2)16(23)21-17-20-13(9-25-17)7-15(22)19-8-11-6-12(18)4-5-14(11)24-3/h4-6,9-10H,7-8H2,1-3H3,(H,19,22)(H,20,21,23). The highest BCUT2D eigenvalue weighted by Crippen LogP contribution is 2.23. The molecule has 1 aromatic heterocycles. The molecule has 25 heavy (non-hydrogen) atoms. The van der Waals surface area contributed by atoms with Crippen molar-refractivity contribution in [1.29, 1.82) is 0 Å². The number of hydrogen-bond acceptors (Lipinski definition) is 5. The minimum Gasteiger partial charge on any atom is -0.496 e. The van der Waals surface area contributed by atoms with E-state index >= 15 is 0 Å². The number of hydrogen-bond donors (Lipinski definition) is 2. The fraction of sp³-hybridized carbons (Fsp3) is 0.353. The summed E-state index contributed by atoms with van der Waals surface area (Å²) in [5, 5.41) is 7.87. The summed E-state index contributed by atoms with van der Waals surface area (Å²) in [5.41, 5.74) is 1.51. The van der Waals surface area contributed by atoms with Crippen molar-refractivity contribution in [2.24, 2.45) is 5.92 Å². The van der Waals surface area contributed by atoms with Crippen molar-refractivity contribution >= 4 is 44.2 Å². The van der Waals surface area contributed by atoms with Crippen LogP contribution in [0.1, 0.15) is 25.1 Å². The van der Waals surface area contributed by atoms with Crippen LogP contribution in [0.5, 0.6) is 5.75 Å². The Balaban J connectivity index is 1.90. The molecule has 0 saturated heterocycles. The number of anilines is 1. The number of nitrogens with one attached hydrogen (secondary N) is 2. The van der Waals surface area contributed by atoms with Crippen LogP contribution in [-0.2, 0) is 22.6 Å². The van der Waals surface area contributed by atoms with Gasteiger partial charge in [0, 0.05) is 27.9 Å². The molecule has 0 radical (unpaired) electrons. The number of benzene rings is 1. The Morgan fingerprint density at radius 1 is 1.36 bits per heavy atom. The lowest BCUT2D eigenvalue weighted by Crippen LogP contribution is -2.25. The molecule has 2 aromatic rings. The van der Waals surface area contributed by atoms with Gasteiger partial charge in [0.1, 0.15) is 5.75 Å². The van der Waals surface area contributed by atoms with E-state index in [9.17, 15) is 9.59 Å². The predicted octanol–water partition coefficient (Wildman–Crippen LogP) is 3.37. The zero-order valence-electron chi connectivity index (χ0n) is 14.3. The van der Waals surface area contributed by atoms with E-state index in [1.54, 1.807) is 12.5 Å². The Kier molecular flexibility index (Phi) is 6.95. The first kappa shape index (κ1) is 19.4. The summed E-state index contributed by atoms with van der Waals surface area (Å²) in [6, 6.07) is 5.63. The van der Waals surface area contributed by atoms with E-state index in [-0.39, 0.29) is 24.2 Å². The molecule has 0 bridgehead atoms. The van der Waals surface area contributed by atoms with Crippen molar-refractivity contribution in [3.8, 4) is 5.75 Å². The maximum atomic E-state index is 12.1. The molecule has 0 saturated carbocycles. The lowest BCUT2D eigenvalue weighted by atomic mass is 10.2. The molecule has 0 atom stereocenters. The fourth-order valence-electron chi connectivity index (χ4n) is 2.00. The van der Waals surface area contributed by atoms with Gasteiger partial charge in [-0.25, -0.2) is 4.98 Å². The number of aromatic nitrogens is 1. The van der Waals surface area contributed by atoms with E-state index in [4.69, 9.17) is 4.74 Å². The molecule has 6 nitrogen and oxygen atoms in total. The molecule has 1 heterocycles. The van der Waals surface area contributed by atoms with Crippen LogP contribution in [0.15, 0.2) is 28.1 Å². The molecule has 1 aromatic carbocycles. The molecule has 134 valence electrons. The zero-order chi connectivity index (χ0) is 18.4. The summed E-state index contributed by atoms with van der Waals surface area (Å²) in [6.45, 7) is 3.99. The van der Waals surface area contributed by atoms with Crippen LogP contribution < -0.4 is 15.4 Å². The highest BCUT2D eigenvalue weighted by Gasteiger charge is 2.12. The summed E-state index contributed by atoms with van der Waals surface area (Å²) >= 11 is 4.72. The molecule has 2 amide bonds. The Bertz CT molecular complexity index is 761. The molecule has 0 fully saturated rings. The van der Waals surface area contributed by atoms with Gasteiger partial charge in [0.2, 0.25) is 11.8 Å². The maximum absolute atomic E-state index is 12.1. The molecule has 0 unspecified atom stereocenters. The zero-order valence-corrected chi connectivity index (χ0v) is 16.7. The van der Waals surface area contributed by atoms with Crippen LogP contribution in [0, 0.1) is 5.92 Å². The van der Waals surface area contributed by atoms with Crippen LogP contribution in [0.4, 0.5) is 5.13 Å². The van der Waals surface area contributed by atoms with Gasteiger partial charge in [-0.2, -0.15) is 0 Å². The number of carbonyl (C=O) groups is 2. The number of halogens is 1. The Morgan fingerprint density at radius 3 is 2.80 bits per heavy atom. The quantitative estimate of drug-likeness (QED) is 0.712. The monoisotopic (exact) mass is 425 g/mol. The Hall–Kier alpha value is -1.93. The highest BCUT2D eigenvalue weighted by molar-refractivity contribution is 9.10. The van der Waals surface area contributed by atoms with Crippen molar-refractivity contribution in [1.82, 2.24) is 10.3 Å². The third kappa shape index (κ3) is 5.82. The van der Waals surface area contributed by atoms with Gasteiger partial charge in [-0.3, -0.25) is 9.59 Å². The van der Waals surface area contributed by atoms with Crippen LogP contribution in [-0.4, -0.2) is 23.9 Å². The summed E-state index contributed by atoms with van der Waals surface area (Å²) in [5.74, 6) is 0.368. The number of methoxy groups -OCH3 is 1. The SMILES string of the molecule is COc1ccc(Br)cc1CNC(=O)Cc1csc(NC(=O)C(C)C)n1. The minimum absolute atomic E-state index is 0.0906. The summed E-state index contributed by atoms with van der Waals surface area (Å²) in [4.78, 5) is 28.0. The van der Waals surface area contributed by atoms with Crippen LogP contribution in [0.25, 0.3) is 0 Å². The Labute approximate surface area is 159 Å². The molecular formula is C17H20BrN3O3S. The van der Waals surface area contributed by atoms with E-state index in [0.29, 0.717) is 17.4 Å². The first-order valence-corrected chi connectivity index (χ1v) is 9.40. The van der Waals surface area contributed by atoms with E-state index in [1.165, 1.54) is 11.3 Å². The smallest absolute Gasteiger partial charge is 0.228 e. The van der Waals surface area contributed by atoms with E-state index in [1.807, 2.05) is 32.0 Å². The molecule has 0 aliphatic rings. The molecule has 8 heteroatoms. The lowest BCUT2D eigenvalue weighted by Gasteiger charge is -2.10. The van der Waals surface area contributed by atoms with E-state index < -0.39 is 0 Å². The average molecular weight is 426 g/mol. The van der Waals surface area contributed by atoms with Crippen molar-refractivity contribution in [3.63, 3.8) is 0 Å². The van der Waals surface area contributed by atoms with Gasteiger partial charge in [-0.15, -0.1) is 11.3 Å². The van der Waals surface area contributed by atoms with Crippen LogP contribution >= 0.6 is 27.3 Å². The predicted molar refractivity (Wildman–Crippen MR) is 102 cm³/mol. The minimum atomic E-state index is -0.144. The first-order valence-electron chi connectivity index (χ1n) is 7.73. The third-order valence-corrected chi connectivity index (χ3v) is 4.67. The second-order valence-corrected chi connectivity index (χ2v) is 7.47.